The molecule has 0 unspecified atom stereocenters. The molecule has 5 heterocycles. The maximum absolute atomic E-state index is 13.0. The molecule has 100 heavy (non-hydrogen) atoms. The second kappa shape index (κ2) is 29.6. The van der Waals surface area contributed by atoms with Crippen molar-refractivity contribution >= 4 is 125 Å². The number of rotatable bonds is 24. The molecule has 4 N–H and O–H groups in total. The zero-order valence-corrected chi connectivity index (χ0v) is 57.7. The van der Waals surface area contributed by atoms with Gasteiger partial charge in [0.15, 0.2) is 17.3 Å². The van der Waals surface area contributed by atoms with Gasteiger partial charge >= 0.3 is 11.9 Å². The fourth-order valence-corrected chi connectivity index (χ4v) is 16.2. The molecule has 500 valence electrons. The van der Waals surface area contributed by atoms with Crippen molar-refractivity contribution in [2.24, 2.45) is 8.73 Å². The highest BCUT2D eigenvalue weighted by Crippen LogP contribution is 2.57. The van der Waals surface area contributed by atoms with E-state index in [0.29, 0.717) is 5.56 Å². The van der Waals surface area contributed by atoms with Gasteiger partial charge in [0.1, 0.15) is 51.5 Å². The monoisotopic (exact) mass is 1400 g/mol. The van der Waals surface area contributed by atoms with E-state index in [-0.39, 0.29) is 23.1 Å². The van der Waals surface area contributed by atoms with Crippen LogP contribution in [0.3, 0.4) is 0 Å². The third-order valence-electron chi connectivity index (χ3n) is 17.5. The van der Waals surface area contributed by atoms with E-state index in [1.54, 1.807) is 34.8 Å². The summed E-state index contributed by atoms with van der Waals surface area (Å²) in [6.45, 7) is 4.22. The Morgan fingerprint density at radius 1 is 0.500 bits per heavy atom. The number of phenols is 3. The number of unbranched alkanes of at least 4 members (excludes halogenated alkanes) is 6. The predicted molar refractivity (Wildman–Crippen MR) is 402 cm³/mol. The number of thiophene rings is 2. The highest BCUT2D eigenvalue weighted by Gasteiger charge is 2.32. The molecule has 13 aromatic rings. The van der Waals surface area contributed by atoms with Crippen LogP contribution in [0.2, 0.25) is 0 Å². The summed E-state index contributed by atoms with van der Waals surface area (Å²) in [5.41, 5.74) is 15.4. The highest BCUT2D eigenvalue weighted by molar-refractivity contribution is 7.58. The lowest BCUT2D eigenvalue weighted by Crippen LogP contribution is -2.23. The molecule has 0 saturated heterocycles. The molecule has 16 nitrogen and oxygen atoms in total. The first kappa shape index (κ1) is 66.2. The van der Waals surface area contributed by atoms with Crippen LogP contribution in [0, 0.1) is 0 Å². The number of ether oxygens (including phenoxy) is 2. The van der Waals surface area contributed by atoms with Gasteiger partial charge in [0, 0.05) is 71.3 Å². The first-order chi connectivity index (χ1) is 48.9. The zero-order valence-electron chi connectivity index (χ0n) is 54.5. The van der Waals surface area contributed by atoms with Gasteiger partial charge in [-0.25, -0.2) is 9.59 Å². The normalized spacial score (nSPS) is 11.7. The molecule has 0 fully saturated rings. The summed E-state index contributed by atoms with van der Waals surface area (Å²) in [5, 5.41) is 41.2. The molecule has 1 aliphatic heterocycles. The summed E-state index contributed by atoms with van der Waals surface area (Å²) < 4.78 is 36.8. The summed E-state index contributed by atoms with van der Waals surface area (Å²) >= 11 is 6.05. The second-order valence-electron chi connectivity index (χ2n) is 24.3. The van der Waals surface area contributed by atoms with E-state index in [9.17, 15) is 34.8 Å². The highest BCUT2D eigenvalue weighted by atomic mass is 32.1. The van der Waals surface area contributed by atoms with E-state index < -0.39 is 51.9 Å². The molecular weight excluding hydrogens is 1330 g/mol. The Hall–Kier alpha value is -11.0. The summed E-state index contributed by atoms with van der Waals surface area (Å²) in [6, 6.07) is 66.0. The lowest BCUT2D eigenvalue weighted by atomic mass is 9.95. The van der Waals surface area contributed by atoms with Gasteiger partial charge in [0.25, 0.3) is 0 Å². The summed E-state index contributed by atoms with van der Waals surface area (Å²) in [6.07, 6.45) is 10.8. The van der Waals surface area contributed by atoms with Crippen molar-refractivity contribution in [1.82, 2.24) is 8.75 Å². The van der Waals surface area contributed by atoms with E-state index in [1.807, 2.05) is 54.6 Å². The maximum Gasteiger partial charge on any atom is 0.423 e. The van der Waals surface area contributed by atoms with Crippen LogP contribution in [0.4, 0.5) is 45.5 Å². The van der Waals surface area contributed by atoms with Crippen molar-refractivity contribution in [3.8, 4) is 81.8 Å². The minimum Gasteiger partial charge on any atom is -0.508 e. The fraction of sp³-hybridized carbons (Fsp3) is 0.163. The van der Waals surface area contributed by atoms with Crippen LogP contribution in [0.15, 0.2) is 224 Å². The topological polar surface area (TPSA) is 221 Å². The number of carbonyl (C=O) groups excluding carboxylic acids is 2. The molecule has 14 rings (SSSR count). The number of hydrogen-bond donors (Lipinski definition) is 4. The number of carbonyl (C=O) groups is 2. The number of aromatic hydroxyl groups is 4. The number of hydrogen-bond acceptors (Lipinski definition) is 19. The van der Waals surface area contributed by atoms with Gasteiger partial charge in [-0.15, -0.1) is 22.7 Å². The number of anilines is 6. The smallest absolute Gasteiger partial charge is 0.423 e. The van der Waals surface area contributed by atoms with Crippen molar-refractivity contribution in [1.29, 1.82) is 0 Å². The predicted octanol–water partition coefficient (Wildman–Crippen LogP) is 21.6. The number of nitrogens with zero attached hydrogens (tertiary/aromatic N) is 6. The fourth-order valence-electron chi connectivity index (χ4n) is 12.6. The van der Waals surface area contributed by atoms with Crippen molar-refractivity contribution in [3.05, 3.63) is 233 Å². The summed E-state index contributed by atoms with van der Waals surface area (Å²) in [5.74, 6) is -6.07. The third kappa shape index (κ3) is 13.7. The average molecular weight is 1400 g/mol. The number of aryl methyl sites for hydroxylation is 2. The Balaban J connectivity index is 0.721. The SMILES string of the molecule is CCCCCCc1cc(-c2ccc(N(c3ccccc3)c3ccccc3)cc2)sc1-c1c2c(c(-c3sc(-c4ccc(N(c5ccccc5)c5ccc(COC(=O)C(=O)Oc6ccc(-c7oc8cc(O)cc(O)c8c(=O)c7O)cc6O)cc5)cc4)cc3CCCCCC)c3nsnc13)N=S=N2. The third-order valence-corrected chi connectivity index (χ3v) is 21.1. The first-order valence-electron chi connectivity index (χ1n) is 33.1. The number of fused-ring (bicyclic) bond motifs is 3. The second-order valence-corrected chi connectivity index (χ2v) is 27.4. The van der Waals surface area contributed by atoms with Gasteiger partial charge in [0.2, 0.25) is 11.2 Å². The average Bonchev–Trinajstić information content (AvgIpc) is 1.55. The Labute approximate surface area is 592 Å². The molecular formula is C80H66N6O10S4. The number of aromatic nitrogens is 2. The van der Waals surface area contributed by atoms with Crippen LogP contribution in [0.1, 0.15) is 81.9 Å². The Kier molecular flexibility index (Phi) is 19.6. The van der Waals surface area contributed by atoms with Crippen LogP contribution < -0.4 is 20.0 Å². The van der Waals surface area contributed by atoms with E-state index in [1.165, 1.54) is 56.5 Å². The maximum atomic E-state index is 13.0. The minimum absolute atomic E-state index is 0.0216. The lowest BCUT2D eigenvalue weighted by Gasteiger charge is -2.25. The number of esters is 2. The Morgan fingerprint density at radius 2 is 0.970 bits per heavy atom. The molecule has 1 aliphatic rings. The van der Waals surface area contributed by atoms with Gasteiger partial charge in [0.05, 0.1) is 34.2 Å². The summed E-state index contributed by atoms with van der Waals surface area (Å²) in [4.78, 5) is 47.9. The number of para-hydroxylation sites is 3. The molecule has 0 atom stereocenters. The van der Waals surface area contributed by atoms with Gasteiger partial charge in [-0.3, -0.25) is 4.79 Å². The van der Waals surface area contributed by atoms with Crippen molar-refractivity contribution in [3.63, 3.8) is 0 Å². The van der Waals surface area contributed by atoms with Crippen LogP contribution >= 0.6 is 34.4 Å². The van der Waals surface area contributed by atoms with Gasteiger partial charge in [-0.2, -0.15) is 17.5 Å². The van der Waals surface area contributed by atoms with Crippen molar-refractivity contribution in [2.45, 2.75) is 84.7 Å². The number of phenolic OH excluding ortho intramolecular Hbond substituents is 3. The molecule has 0 spiro atoms. The van der Waals surface area contributed by atoms with Crippen LogP contribution in [0.5, 0.6) is 28.7 Å². The molecule has 0 saturated carbocycles. The van der Waals surface area contributed by atoms with E-state index >= 15 is 0 Å². The lowest BCUT2D eigenvalue weighted by molar-refractivity contribution is -0.163. The standard InChI is InChI=1S/C80H66N6O10S4/c1-3-5-7-12-20-52-43-65(49-30-37-58(38-31-49)85(54-22-14-9-15-23-54)55-24-16-10-17-25-55)97-77(52)68-70-72(83-99-81-70)69(73-71(68)82-100-84-73)78-53(21-13-8-6-4-2)44-66(98-78)50-32-39-59(40-33-50)86(56-26-18-11-19-27-56)57-35-28-48(29-36-57)47-94-79(92)80(93)96-63-41-34-51(42-61(63)88)76-75(91)74(90)67-62(89)45-60(87)46-64(67)95-76/h9-11,14-19,22-46,87-89,91H,3-8,12-13,20-21,47H2,1-2H3. The van der Waals surface area contributed by atoms with Crippen molar-refractivity contribution in [2.75, 3.05) is 9.80 Å². The van der Waals surface area contributed by atoms with E-state index in [0.717, 1.165) is 171 Å². The minimum atomic E-state index is -1.41. The largest absolute Gasteiger partial charge is 0.508 e. The molecule has 0 amide bonds. The molecule has 0 aliphatic carbocycles. The van der Waals surface area contributed by atoms with E-state index in [2.05, 4.69) is 133 Å². The van der Waals surface area contributed by atoms with Gasteiger partial charge < -0.3 is 44.1 Å². The molecule has 0 bridgehead atoms. The molecule has 4 aromatic heterocycles. The van der Waals surface area contributed by atoms with Crippen LogP contribution in [-0.2, 0) is 45.1 Å². The van der Waals surface area contributed by atoms with Gasteiger partial charge in [-0.05, 0) is 157 Å². The van der Waals surface area contributed by atoms with Crippen LogP contribution in [0.25, 0.3) is 75.1 Å². The zero-order chi connectivity index (χ0) is 68.8. The molecule has 9 aromatic carbocycles. The Morgan fingerprint density at radius 3 is 1.45 bits per heavy atom. The van der Waals surface area contributed by atoms with Crippen molar-refractivity contribution < 1.29 is 43.9 Å². The summed E-state index contributed by atoms with van der Waals surface area (Å²) in [7, 11) is 0. The van der Waals surface area contributed by atoms with Crippen LogP contribution in [-0.4, -0.2) is 41.1 Å². The first-order valence-corrected chi connectivity index (χ1v) is 36.2. The number of benzene rings is 9. The molecule has 0 radical (unpaired) electrons. The Bertz CT molecular complexity index is 5270. The quantitative estimate of drug-likeness (QED) is 0.0191. The molecule has 20 heteroatoms. The van der Waals surface area contributed by atoms with Gasteiger partial charge in [-0.1, -0.05) is 143 Å². The van der Waals surface area contributed by atoms with E-state index in [4.69, 9.17) is 31.4 Å².